The number of fused-ring (bicyclic) bond motifs is 1. The average molecular weight is 525 g/mol. The van der Waals surface area contributed by atoms with Crippen molar-refractivity contribution in [3.05, 3.63) is 101 Å². The van der Waals surface area contributed by atoms with E-state index in [9.17, 15) is 4.79 Å². The number of aromatic nitrogens is 1. The van der Waals surface area contributed by atoms with Crippen molar-refractivity contribution in [1.29, 1.82) is 0 Å². The number of rotatable bonds is 9. The average Bonchev–Trinajstić information content (AvgIpc) is 3.64. The van der Waals surface area contributed by atoms with Crippen molar-refractivity contribution in [3.8, 4) is 23.0 Å². The summed E-state index contributed by atoms with van der Waals surface area (Å²) >= 11 is 0. The Balaban J connectivity index is 1.05. The first-order valence-electron chi connectivity index (χ1n) is 13.4. The standard InChI is InChI=1S/C32H32N2O5/c1-21-29(33-31(38-21)24-9-6-10-26(17-24)36-2)15-16-37-25-13-11-23(12-14-25)30-27-19-34(20-28(27)32(35)39-30)18-22-7-4-3-5-8-22/h3-14,17,27-28,30H,15-16,18-20H2,1-2H3/t27-,28+,30+/m0/s1. The third-order valence-corrected chi connectivity index (χ3v) is 7.65. The van der Waals surface area contributed by atoms with E-state index < -0.39 is 0 Å². The van der Waals surface area contributed by atoms with E-state index in [1.165, 1.54) is 5.56 Å². The zero-order valence-electron chi connectivity index (χ0n) is 22.2. The second kappa shape index (κ2) is 10.9. The Morgan fingerprint density at radius 2 is 1.79 bits per heavy atom. The van der Waals surface area contributed by atoms with Crippen molar-refractivity contribution in [2.45, 2.75) is 26.0 Å². The van der Waals surface area contributed by atoms with E-state index in [4.69, 9.17) is 18.6 Å². The first-order valence-corrected chi connectivity index (χ1v) is 13.4. The van der Waals surface area contributed by atoms with Gasteiger partial charge in [0.25, 0.3) is 0 Å². The zero-order chi connectivity index (χ0) is 26.8. The molecule has 0 N–H and O–H groups in total. The summed E-state index contributed by atoms with van der Waals surface area (Å²) in [6.07, 6.45) is 0.410. The quantitative estimate of drug-likeness (QED) is 0.263. The van der Waals surface area contributed by atoms with Crippen LogP contribution in [0.25, 0.3) is 11.5 Å². The predicted octanol–water partition coefficient (Wildman–Crippen LogP) is 5.63. The number of aryl methyl sites for hydroxylation is 1. The van der Waals surface area contributed by atoms with Gasteiger partial charge in [0.1, 0.15) is 23.4 Å². The first-order chi connectivity index (χ1) is 19.1. The molecule has 2 aliphatic rings. The van der Waals surface area contributed by atoms with Crippen LogP contribution in [-0.2, 0) is 22.5 Å². The molecule has 0 spiro atoms. The molecule has 3 aromatic carbocycles. The lowest BCUT2D eigenvalue weighted by Gasteiger charge is -2.20. The van der Waals surface area contributed by atoms with Crippen LogP contribution in [0.1, 0.15) is 28.7 Å². The molecule has 39 heavy (non-hydrogen) atoms. The summed E-state index contributed by atoms with van der Waals surface area (Å²) in [7, 11) is 1.64. The normalized spacial score (nSPS) is 20.6. The minimum Gasteiger partial charge on any atom is -0.497 e. The molecule has 0 unspecified atom stereocenters. The van der Waals surface area contributed by atoms with Gasteiger partial charge in [0.2, 0.25) is 5.89 Å². The Hall–Kier alpha value is -4.10. The Morgan fingerprint density at radius 3 is 2.59 bits per heavy atom. The van der Waals surface area contributed by atoms with Gasteiger partial charge < -0.3 is 18.6 Å². The van der Waals surface area contributed by atoms with E-state index in [1.54, 1.807) is 7.11 Å². The second-order valence-corrected chi connectivity index (χ2v) is 10.2. The van der Waals surface area contributed by atoms with Crippen LogP contribution >= 0.6 is 0 Å². The van der Waals surface area contributed by atoms with E-state index in [1.807, 2.05) is 61.5 Å². The number of methoxy groups -OCH3 is 1. The summed E-state index contributed by atoms with van der Waals surface area (Å²) in [5.41, 5.74) is 4.02. The lowest BCUT2D eigenvalue weighted by molar-refractivity contribution is -0.145. The van der Waals surface area contributed by atoms with Gasteiger partial charge in [-0.05, 0) is 48.4 Å². The molecule has 0 saturated carbocycles. The highest BCUT2D eigenvalue weighted by molar-refractivity contribution is 5.76. The van der Waals surface area contributed by atoms with E-state index in [0.717, 1.165) is 53.7 Å². The second-order valence-electron chi connectivity index (χ2n) is 10.2. The van der Waals surface area contributed by atoms with Gasteiger partial charge in [0.05, 0.1) is 25.3 Å². The maximum absolute atomic E-state index is 12.6. The fourth-order valence-corrected chi connectivity index (χ4v) is 5.61. The van der Waals surface area contributed by atoms with Gasteiger partial charge in [0, 0.05) is 37.5 Å². The predicted molar refractivity (Wildman–Crippen MR) is 146 cm³/mol. The Morgan fingerprint density at radius 1 is 0.974 bits per heavy atom. The smallest absolute Gasteiger partial charge is 0.311 e. The van der Waals surface area contributed by atoms with Crippen LogP contribution < -0.4 is 9.47 Å². The molecule has 4 aromatic rings. The van der Waals surface area contributed by atoms with E-state index in [0.29, 0.717) is 18.9 Å². The molecular formula is C32H32N2O5. The molecule has 0 amide bonds. The lowest BCUT2D eigenvalue weighted by Crippen LogP contribution is -2.24. The number of carbonyl (C=O) groups excluding carboxylic acids is 1. The fourth-order valence-electron chi connectivity index (χ4n) is 5.61. The molecule has 0 bridgehead atoms. The van der Waals surface area contributed by atoms with Gasteiger partial charge in [-0.25, -0.2) is 4.98 Å². The Bertz CT molecular complexity index is 1430. The molecule has 2 aliphatic heterocycles. The number of carbonyl (C=O) groups is 1. The summed E-state index contributed by atoms with van der Waals surface area (Å²) in [4.78, 5) is 19.7. The number of likely N-dealkylation sites (tertiary alicyclic amines) is 1. The lowest BCUT2D eigenvalue weighted by atomic mass is 9.90. The highest BCUT2D eigenvalue weighted by Crippen LogP contribution is 2.44. The number of nitrogens with zero attached hydrogens (tertiary/aromatic N) is 2. The van der Waals surface area contributed by atoms with Gasteiger partial charge in [-0.2, -0.15) is 0 Å². The summed E-state index contributed by atoms with van der Waals surface area (Å²) < 4.78 is 23.0. The van der Waals surface area contributed by atoms with E-state index in [2.05, 4.69) is 34.1 Å². The van der Waals surface area contributed by atoms with Crippen molar-refractivity contribution in [2.75, 3.05) is 26.8 Å². The molecule has 2 fully saturated rings. The van der Waals surface area contributed by atoms with Crippen molar-refractivity contribution in [3.63, 3.8) is 0 Å². The molecule has 2 saturated heterocycles. The van der Waals surface area contributed by atoms with Gasteiger partial charge >= 0.3 is 5.97 Å². The zero-order valence-corrected chi connectivity index (χ0v) is 22.2. The number of hydrogen-bond donors (Lipinski definition) is 0. The summed E-state index contributed by atoms with van der Waals surface area (Å²) in [5, 5.41) is 0. The Kier molecular flexibility index (Phi) is 7.07. The van der Waals surface area contributed by atoms with Gasteiger partial charge in [-0.3, -0.25) is 9.69 Å². The summed E-state index contributed by atoms with van der Waals surface area (Å²) in [6, 6.07) is 26.0. The maximum Gasteiger partial charge on any atom is 0.311 e. The highest BCUT2D eigenvalue weighted by Gasteiger charge is 2.50. The molecule has 0 radical (unpaired) electrons. The molecule has 6 rings (SSSR count). The van der Waals surface area contributed by atoms with Gasteiger partial charge in [-0.1, -0.05) is 48.5 Å². The summed E-state index contributed by atoms with van der Waals surface area (Å²) in [6.45, 7) is 4.84. The van der Waals surface area contributed by atoms with Crippen molar-refractivity contribution < 1.29 is 23.4 Å². The SMILES string of the molecule is COc1cccc(-c2nc(CCOc3ccc([C@H]4OC(=O)[C@@H]5CN(Cc6ccccc6)C[C@H]45)cc3)c(C)o2)c1. The molecule has 7 nitrogen and oxygen atoms in total. The number of cyclic esters (lactones) is 1. The number of oxazole rings is 1. The third-order valence-electron chi connectivity index (χ3n) is 7.65. The number of ether oxygens (including phenoxy) is 3. The Labute approximate surface area is 228 Å². The molecule has 200 valence electrons. The van der Waals surface area contributed by atoms with Crippen LogP contribution in [0.5, 0.6) is 11.5 Å². The van der Waals surface area contributed by atoms with Crippen LogP contribution in [0.3, 0.4) is 0 Å². The van der Waals surface area contributed by atoms with Crippen molar-refractivity contribution >= 4 is 5.97 Å². The van der Waals surface area contributed by atoms with Gasteiger partial charge in [-0.15, -0.1) is 0 Å². The highest BCUT2D eigenvalue weighted by atomic mass is 16.6. The molecule has 7 heteroatoms. The van der Waals surface area contributed by atoms with E-state index in [-0.39, 0.29) is 23.9 Å². The molecule has 3 heterocycles. The molecule has 0 aliphatic carbocycles. The van der Waals surface area contributed by atoms with Crippen LogP contribution in [0, 0.1) is 18.8 Å². The van der Waals surface area contributed by atoms with Crippen LogP contribution in [0.2, 0.25) is 0 Å². The molecular weight excluding hydrogens is 492 g/mol. The maximum atomic E-state index is 12.6. The van der Waals surface area contributed by atoms with E-state index >= 15 is 0 Å². The van der Waals surface area contributed by atoms with Crippen LogP contribution in [0.15, 0.2) is 83.3 Å². The number of benzene rings is 3. The van der Waals surface area contributed by atoms with Crippen molar-refractivity contribution in [1.82, 2.24) is 9.88 Å². The molecule has 3 atom stereocenters. The van der Waals surface area contributed by atoms with Gasteiger partial charge in [0.15, 0.2) is 0 Å². The number of esters is 1. The first kappa shape index (κ1) is 25.2. The van der Waals surface area contributed by atoms with Crippen LogP contribution in [0.4, 0.5) is 0 Å². The monoisotopic (exact) mass is 524 g/mol. The third kappa shape index (κ3) is 5.40. The minimum atomic E-state index is -0.217. The molecule has 1 aromatic heterocycles. The minimum absolute atomic E-state index is 0.0674. The van der Waals surface area contributed by atoms with Crippen LogP contribution in [-0.4, -0.2) is 42.7 Å². The summed E-state index contributed by atoms with van der Waals surface area (Å²) in [5.74, 6) is 2.90. The largest absolute Gasteiger partial charge is 0.497 e. The van der Waals surface area contributed by atoms with Crippen molar-refractivity contribution in [2.24, 2.45) is 11.8 Å². The topological polar surface area (TPSA) is 74.0 Å². The number of hydrogen-bond acceptors (Lipinski definition) is 7. The fraction of sp³-hybridized carbons (Fsp3) is 0.312.